The number of nitrogens with zero attached hydrogens (tertiary/aromatic N) is 2. The van der Waals surface area contributed by atoms with E-state index in [1.54, 1.807) is 7.11 Å². The monoisotopic (exact) mass is 367 g/mol. The summed E-state index contributed by atoms with van der Waals surface area (Å²) in [6.45, 7) is 3.05. The number of nitrogens with one attached hydrogen (secondary N) is 1. The summed E-state index contributed by atoms with van der Waals surface area (Å²) < 4.78 is 7.30. The van der Waals surface area contributed by atoms with Crippen LogP contribution >= 0.6 is 11.6 Å². The number of hydrogen-bond donors (Lipinski definition) is 1. The van der Waals surface area contributed by atoms with Crippen molar-refractivity contribution in [2.45, 2.75) is 26.2 Å². The number of benzene rings is 2. The predicted molar refractivity (Wildman–Crippen MR) is 107 cm³/mol. The van der Waals surface area contributed by atoms with Crippen molar-refractivity contribution in [2.75, 3.05) is 19.0 Å². The molecule has 0 fully saturated rings. The summed E-state index contributed by atoms with van der Waals surface area (Å²) in [6.07, 6.45) is 3.33. The minimum Gasteiger partial charge on any atom is -0.497 e. The summed E-state index contributed by atoms with van der Waals surface area (Å²) in [5.74, 6) is 1.93. The number of rotatable bonds is 3. The average Bonchev–Trinajstić information content (AvgIpc) is 2.85. The van der Waals surface area contributed by atoms with E-state index in [0.29, 0.717) is 0 Å². The second-order valence-corrected chi connectivity index (χ2v) is 7.07. The first kappa shape index (κ1) is 17.0. The van der Waals surface area contributed by atoms with Crippen molar-refractivity contribution in [1.82, 2.24) is 9.78 Å². The van der Waals surface area contributed by atoms with Gasteiger partial charge in [0.15, 0.2) is 0 Å². The largest absolute Gasteiger partial charge is 0.497 e. The van der Waals surface area contributed by atoms with Gasteiger partial charge >= 0.3 is 0 Å². The maximum atomic E-state index is 6.26. The topological polar surface area (TPSA) is 39.1 Å². The summed E-state index contributed by atoms with van der Waals surface area (Å²) in [7, 11) is 1.68. The Labute approximate surface area is 158 Å². The Kier molecular flexibility index (Phi) is 4.60. The van der Waals surface area contributed by atoms with E-state index in [-0.39, 0.29) is 0 Å². The SMILES string of the molecule is COc1ccc(-c2nn(-c3cc(Cl)ccc3C)c3c2CCCCN3)cc1. The van der Waals surface area contributed by atoms with Crippen molar-refractivity contribution in [1.29, 1.82) is 0 Å². The van der Waals surface area contributed by atoms with Gasteiger partial charge in [-0.3, -0.25) is 0 Å². The van der Waals surface area contributed by atoms with Crippen molar-refractivity contribution < 1.29 is 4.74 Å². The first-order chi connectivity index (χ1) is 12.7. The molecule has 0 radical (unpaired) electrons. The lowest BCUT2D eigenvalue weighted by Crippen LogP contribution is -2.08. The number of methoxy groups -OCH3 is 1. The Balaban J connectivity index is 1.90. The molecule has 1 N–H and O–H groups in total. The highest BCUT2D eigenvalue weighted by Gasteiger charge is 2.22. The summed E-state index contributed by atoms with van der Waals surface area (Å²) in [4.78, 5) is 0. The van der Waals surface area contributed by atoms with Gasteiger partial charge in [-0.25, -0.2) is 4.68 Å². The van der Waals surface area contributed by atoms with Crippen molar-refractivity contribution in [3.05, 3.63) is 58.6 Å². The number of ether oxygens (including phenoxy) is 1. The maximum absolute atomic E-state index is 6.26. The van der Waals surface area contributed by atoms with Gasteiger partial charge in [0.2, 0.25) is 0 Å². The van der Waals surface area contributed by atoms with Gasteiger partial charge in [0, 0.05) is 22.7 Å². The highest BCUT2D eigenvalue weighted by Crippen LogP contribution is 2.35. The summed E-state index contributed by atoms with van der Waals surface area (Å²) in [5, 5.41) is 9.29. The lowest BCUT2D eigenvalue weighted by atomic mass is 10.0. The Morgan fingerprint density at radius 2 is 1.92 bits per heavy atom. The fourth-order valence-corrected chi connectivity index (χ4v) is 3.63. The Morgan fingerprint density at radius 1 is 1.12 bits per heavy atom. The van der Waals surface area contributed by atoms with Crippen LogP contribution in [0.1, 0.15) is 24.0 Å². The number of anilines is 1. The molecule has 0 bridgehead atoms. The van der Waals surface area contributed by atoms with Crippen LogP contribution in [-0.4, -0.2) is 23.4 Å². The van der Waals surface area contributed by atoms with Gasteiger partial charge < -0.3 is 10.1 Å². The van der Waals surface area contributed by atoms with E-state index >= 15 is 0 Å². The molecule has 1 aliphatic rings. The molecule has 134 valence electrons. The molecule has 1 aromatic heterocycles. The molecule has 0 spiro atoms. The summed E-state index contributed by atoms with van der Waals surface area (Å²) in [5.41, 5.74) is 5.56. The van der Waals surface area contributed by atoms with Gasteiger partial charge in [-0.15, -0.1) is 0 Å². The second-order valence-electron chi connectivity index (χ2n) is 6.63. The van der Waals surface area contributed by atoms with Crippen LogP contribution in [0.25, 0.3) is 16.9 Å². The lowest BCUT2D eigenvalue weighted by molar-refractivity contribution is 0.415. The van der Waals surface area contributed by atoms with Crippen LogP contribution < -0.4 is 10.1 Å². The van der Waals surface area contributed by atoms with Crippen LogP contribution in [0.15, 0.2) is 42.5 Å². The van der Waals surface area contributed by atoms with E-state index in [1.165, 1.54) is 5.56 Å². The van der Waals surface area contributed by atoms with Crippen molar-refractivity contribution in [3.8, 4) is 22.7 Å². The van der Waals surface area contributed by atoms with E-state index in [9.17, 15) is 0 Å². The molecule has 5 heteroatoms. The first-order valence-electron chi connectivity index (χ1n) is 8.94. The fraction of sp³-hybridized carbons (Fsp3) is 0.286. The number of fused-ring (bicyclic) bond motifs is 1. The smallest absolute Gasteiger partial charge is 0.133 e. The fourth-order valence-electron chi connectivity index (χ4n) is 3.47. The molecule has 4 nitrogen and oxygen atoms in total. The molecule has 0 saturated carbocycles. The molecule has 0 saturated heterocycles. The summed E-state index contributed by atoms with van der Waals surface area (Å²) in [6, 6.07) is 14.0. The normalized spacial score (nSPS) is 13.7. The standard InChI is InChI=1S/C21H22ClN3O/c1-14-6-9-16(22)13-19(14)25-21-18(5-3-4-12-23-21)20(24-25)15-7-10-17(26-2)11-8-15/h6-11,13,23H,3-5,12H2,1-2H3. The zero-order valence-corrected chi connectivity index (χ0v) is 15.8. The molecule has 0 amide bonds. The van der Waals surface area contributed by atoms with Crippen molar-refractivity contribution in [2.24, 2.45) is 0 Å². The van der Waals surface area contributed by atoms with E-state index in [4.69, 9.17) is 21.4 Å². The first-order valence-corrected chi connectivity index (χ1v) is 9.32. The molecule has 1 aliphatic heterocycles. The quantitative estimate of drug-likeness (QED) is 0.686. The van der Waals surface area contributed by atoms with Crippen LogP contribution in [-0.2, 0) is 6.42 Å². The van der Waals surface area contributed by atoms with E-state index in [1.807, 2.05) is 35.0 Å². The van der Waals surface area contributed by atoms with Crippen LogP contribution in [0, 0.1) is 6.92 Å². The Morgan fingerprint density at radius 3 is 2.69 bits per heavy atom. The predicted octanol–water partition coefficient (Wildman–Crippen LogP) is 5.26. The van der Waals surface area contributed by atoms with Crippen LogP contribution in [0.5, 0.6) is 5.75 Å². The third-order valence-corrected chi connectivity index (χ3v) is 5.13. The maximum Gasteiger partial charge on any atom is 0.133 e. The van der Waals surface area contributed by atoms with Gasteiger partial charge in [0.25, 0.3) is 0 Å². The van der Waals surface area contributed by atoms with Gasteiger partial charge in [0.1, 0.15) is 11.6 Å². The van der Waals surface area contributed by atoms with E-state index in [2.05, 4.69) is 24.4 Å². The minimum atomic E-state index is 0.717. The zero-order chi connectivity index (χ0) is 18.1. The third-order valence-electron chi connectivity index (χ3n) is 4.89. The van der Waals surface area contributed by atoms with Crippen molar-refractivity contribution in [3.63, 3.8) is 0 Å². The number of halogens is 1. The van der Waals surface area contributed by atoms with E-state index < -0.39 is 0 Å². The van der Waals surface area contributed by atoms with Gasteiger partial charge in [-0.2, -0.15) is 5.10 Å². The Bertz CT molecular complexity index is 931. The minimum absolute atomic E-state index is 0.717. The molecule has 0 aliphatic carbocycles. The van der Waals surface area contributed by atoms with E-state index in [0.717, 1.165) is 64.9 Å². The lowest BCUT2D eigenvalue weighted by Gasteiger charge is -2.12. The van der Waals surface area contributed by atoms with Gasteiger partial charge in [-0.1, -0.05) is 17.7 Å². The van der Waals surface area contributed by atoms with Crippen LogP contribution in [0.4, 0.5) is 5.82 Å². The number of hydrogen-bond acceptors (Lipinski definition) is 3. The molecule has 2 heterocycles. The highest BCUT2D eigenvalue weighted by molar-refractivity contribution is 6.30. The molecule has 4 rings (SSSR count). The molecule has 0 unspecified atom stereocenters. The molecule has 2 aromatic carbocycles. The number of aromatic nitrogens is 2. The summed E-state index contributed by atoms with van der Waals surface area (Å²) >= 11 is 6.26. The molecule has 0 atom stereocenters. The molecular weight excluding hydrogens is 346 g/mol. The van der Waals surface area contributed by atoms with Crippen LogP contribution in [0.3, 0.4) is 0 Å². The van der Waals surface area contributed by atoms with Crippen molar-refractivity contribution >= 4 is 17.4 Å². The molecule has 3 aromatic rings. The highest BCUT2D eigenvalue weighted by atomic mass is 35.5. The van der Waals surface area contributed by atoms with Gasteiger partial charge in [0.05, 0.1) is 18.5 Å². The second kappa shape index (κ2) is 7.04. The Hall–Kier alpha value is -2.46. The van der Waals surface area contributed by atoms with Crippen LogP contribution in [0.2, 0.25) is 5.02 Å². The average molecular weight is 368 g/mol. The molecule has 26 heavy (non-hydrogen) atoms. The van der Waals surface area contributed by atoms with Gasteiger partial charge in [-0.05, 0) is 68.1 Å². The third kappa shape index (κ3) is 3.06. The zero-order valence-electron chi connectivity index (χ0n) is 15.1. The molecular formula is C21H22ClN3O. The number of aryl methyl sites for hydroxylation is 1.